The number of nitrogens with two attached hydrogens (primary N) is 1. The maximum absolute atomic E-state index is 11.4. The van der Waals surface area contributed by atoms with Crippen molar-refractivity contribution in [3.8, 4) is 17.1 Å². The van der Waals surface area contributed by atoms with Crippen molar-refractivity contribution < 1.29 is 4.79 Å². The highest BCUT2D eigenvalue weighted by Gasteiger charge is 2.17. The van der Waals surface area contributed by atoms with E-state index in [0.29, 0.717) is 11.0 Å². The highest BCUT2D eigenvalue weighted by Crippen LogP contribution is 2.27. The van der Waals surface area contributed by atoms with E-state index in [9.17, 15) is 4.79 Å². The van der Waals surface area contributed by atoms with Crippen molar-refractivity contribution in [2.24, 2.45) is 5.84 Å². The third-order valence-corrected chi connectivity index (χ3v) is 4.29. The molecule has 1 amide bonds. The Morgan fingerprint density at radius 2 is 1.88 bits per heavy atom. The lowest BCUT2D eigenvalue weighted by atomic mass is 10.2. The number of hydrazine groups is 1. The molecule has 8 heteroatoms. The molecule has 1 aromatic carbocycles. The zero-order valence-electron chi connectivity index (χ0n) is 13.0. The minimum absolute atomic E-state index is 0.164. The number of aryl methyl sites for hydroxylation is 1. The van der Waals surface area contributed by atoms with Gasteiger partial charge in [-0.05, 0) is 31.2 Å². The number of carbonyl (C=O) groups is 1. The molecule has 0 radical (unpaired) electrons. The van der Waals surface area contributed by atoms with Crippen molar-refractivity contribution in [1.29, 1.82) is 0 Å². The topological polar surface area (TPSA) is 98.7 Å². The average molecular weight is 340 g/mol. The SMILES string of the molecule is Cc1ccc(-n2c(SCC(=O)NN)nnc2-c2ccncc2)cc1. The van der Waals surface area contributed by atoms with E-state index < -0.39 is 0 Å². The molecule has 2 aromatic heterocycles. The summed E-state index contributed by atoms with van der Waals surface area (Å²) in [6, 6.07) is 11.8. The summed E-state index contributed by atoms with van der Waals surface area (Å²) in [5, 5.41) is 9.14. The van der Waals surface area contributed by atoms with Crippen LogP contribution in [0.2, 0.25) is 0 Å². The minimum atomic E-state index is -0.274. The van der Waals surface area contributed by atoms with Crippen LogP contribution in [0.4, 0.5) is 0 Å². The maximum Gasteiger partial charge on any atom is 0.244 e. The van der Waals surface area contributed by atoms with Gasteiger partial charge in [0.15, 0.2) is 11.0 Å². The van der Waals surface area contributed by atoms with Crippen LogP contribution < -0.4 is 11.3 Å². The van der Waals surface area contributed by atoms with Crippen molar-refractivity contribution in [2.45, 2.75) is 12.1 Å². The van der Waals surface area contributed by atoms with Crippen molar-refractivity contribution in [2.75, 3.05) is 5.75 Å². The molecule has 122 valence electrons. The fourth-order valence-electron chi connectivity index (χ4n) is 2.15. The molecule has 0 unspecified atom stereocenters. The molecular formula is C16H16N6OS. The lowest BCUT2D eigenvalue weighted by molar-refractivity contribution is -0.118. The molecule has 3 aromatic rings. The lowest BCUT2D eigenvalue weighted by Crippen LogP contribution is -2.31. The van der Waals surface area contributed by atoms with E-state index >= 15 is 0 Å². The Kier molecular flexibility index (Phi) is 4.88. The summed E-state index contributed by atoms with van der Waals surface area (Å²) < 4.78 is 1.92. The number of pyridine rings is 1. The van der Waals surface area contributed by atoms with Gasteiger partial charge >= 0.3 is 0 Å². The number of rotatable bonds is 5. The van der Waals surface area contributed by atoms with Crippen LogP contribution in [0.15, 0.2) is 53.9 Å². The normalized spacial score (nSPS) is 10.6. The van der Waals surface area contributed by atoms with Gasteiger partial charge in [-0.2, -0.15) is 0 Å². The summed E-state index contributed by atoms with van der Waals surface area (Å²) in [5.41, 5.74) is 5.10. The fourth-order valence-corrected chi connectivity index (χ4v) is 2.91. The Labute approximate surface area is 143 Å². The van der Waals surface area contributed by atoms with Crippen LogP contribution in [0.5, 0.6) is 0 Å². The van der Waals surface area contributed by atoms with Crippen LogP contribution in [0.3, 0.4) is 0 Å². The van der Waals surface area contributed by atoms with Gasteiger partial charge in [-0.25, -0.2) is 5.84 Å². The van der Waals surface area contributed by atoms with E-state index in [4.69, 9.17) is 5.84 Å². The Morgan fingerprint density at radius 3 is 2.54 bits per heavy atom. The predicted molar refractivity (Wildman–Crippen MR) is 92.4 cm³/mol. The molecule has 0 bridgehead atoms. The standard InChI is InChI=1S/C16H16N6OS/c1-11-2-4-13(5-3-11)22-15(12-6-8-18-9-7-12)20-21-16(22)24-10-14(23)19-17/h2-9H,10,17H2,1H3,(H,19,23). The molecule has 24 heavy (non-hydrogen) atoms. The first kappa shape index (κ1) is 16.2. The Balaban J connectivity index is 2.05. The molecule has 0 aliphatic carbocycles. The van der Waals surface area contributed by atoms with Crippen molar-refractivity contribution in [3.63, 3.8) is 0 Å². The van der Waals surface area contributed by atoms with Crippen LogP contribution in [-0.2, 0) is 4.79 Å². The number of hydrogen-bond acceptors (Lipinski definition) is 6. The molecule has 0 saturated carbocycles. The predicted octanol–water partition coefficient (Wildman–Crippen LogP) is 1.72. The summed E-state index contributed by atoms with van der Waals surface area (Å²) in [7, 11) is 0. The molecule has 0 saturated heterocycles. The van der Waals surface area contributed by atoms with Gasteiger partial charge in [0.25, 0.3) is 0 Å². The maximum atomic E-state index is 11.4. The summed E-state index contributed by atoms with van der Waals surface area (Å²) >= 11 is 1.28. The zero-order chi connectivity index (χ0) is 16.9. The number of benzene rings is 1. The van der Waals surface area contributed by atoms with E-state index in [1.54, 1.807) is 12.4 Å². The Bertz CT molecular complexity index is 832. The first-order chi connectivity index (χ1) is 11.7. The van der Waals surface area contributed by atoms with Gasteiger partial charge in [0.2, 0.25) is 5.91 Å². The van der Waals surface area contributed by atoms with Crippen molar-refractivity contribution in [3.05, 3.63) is 54.4 Å². The number of nitrogens with one attached hydrogen (secondary N) is 1. The molecular weight excluding hydrogens is 324 g/mol. The average Bonchev–Trinajstić information content (AvgIpc) is 3.05. The van der Waals surface area contributed by atoms with E-state index in [2.05, 4.69) is 20.6 Å². The highest BCUT2D eigenvalue weighted by atomic mass is 32.2. The van der Waals surface area contributed by atoms with Gasteiger partial charge in [-0.1, -0.05) is 29.5 Å². The molecule has 0 aliphatic heterocycles. The van der Waals surface area contributed by atoms with Gasteiger partial charge < -0.3 is 0 Å². The summed E-state index contributed by atoms with van der Waals surface area (Å²) in [6.07, 6.45) is 3.41. The summed E-state index contributed by atoms with van der Waals surface area (Å²) in [6.45, 7) is 2.03. The summed E-state index contributed by atoms with van der Waals surface area (Å²) in [5.74, 6) is 5.72. The molecule has 7 nitrogen and oxygen atoms in total. The number of carbonyl (C=O) groups excluding carboxylic acids is 1. The highest BCUT2D eigenvalue weighted by molar-refractivity contribution is 7.99. The Hall–Kier alpha value is -2.71. The number of aromatic nitrogens is 4. The molecule has 0 aliphatic rings. The third kappa shape index (κ3) is 3.44. The number of hydrogen-bond donors (Lipinski definition) is 2. The number of thioether (sulfide) groups is 1. The first-order valence-corrected chi connectivity index (χ1v) is 8.22. The second-order valence-electron chi connectivity index (χ2n) is 5.07. The number of nitrogens with zero attached hydrogens (tertiary/aromatic N) is 4. The second-order valence-corrected chi connectivity index (χ2v) is 6.01. The molecule has 2 heterocycles. The lowest BCUT2D eigenvalue weighted by Gasteiger charge is -2.10. The van der Waals surface area contributed by atoms with E-state index in [0.717, 1.165) is 16.8 Å². The van der Waals surface area contributed by atoms with Crippen LogP contribution in [0, 0.1) is 6.92 Å². The fraction of sp³-hybridized carbons (Fsp3) is 0.125. The van der Waals surface area contributed by atoms with Crippen LogP contribution in [0.25, 0.3) is 17.1 Å². The molecule has 3 N–H and O–H groups in total. The van der Waals surface area contributed by atoms with Crippen LogP contribution in [0.1, 0.15) is 5.56 Å². The van der Waals surface area contributed by atoms with Gasteiger partial charge in [0.05, 0.1) is 5.75 Å². The number of amides is 1. The molecule has 0 atom stereocenters. The Morgan fingerprint density at radius 1 is 1.17 bits per heavy atom. The molecule has 3 rings (SSSR count). The largest absolute Gasteiger partial charge is 0.294 e. The zero-order valence-corrected chi connectivity index (χ0v) is 13.8. The smallest absolute Gasteiger partial charge is 0.244 e. The van der Waals surface area contributed by atoms with Gasteiger partial charge in [-0.3, -0.25) is 19.8 Å². The van der Waals surface area contributed by atoms with Crippen LogP contribution >= 0.6 is 11.8 Å². The van der Waals surface area contributed by atoms with Gasteiger partial charge in [0, 0.05) is 23.6 Å². The first-order valence-electron chi connectivity index (χ1n) is 7.24. The van der Waals surface area contributed by atoms with Crippen LogP contribution in [-0.4, -0.2) is 31.4 Å². The second kappa shape index (κ2) is 7.24. The van der Waals surface area contributed by atoms with Crippen molar-refractivity contribution in [1.82, 2.24) is 25.2 Å². The van der Waals surface area contributed by atoms with E-state index in [1.165, 1.54) is 11.8 Å². The quantitative estimate of drug-likeness (QED) is 0.318. The minimum Gasteiger partial charge on any atom is -0.294 e. The van der Waals surface area contributed by atoms with Crippen molar-refractivity contribution >= 4 is 17.7 Å². The van der Waals surface area contributed by atoms with E-state index in [1.807, 2.05) is 47.9 Å². The molecule has 0 fully saturated rings. The van der Waals surface area contributed by atoms with Gasteiger partial charge in [-0.15, -0.1) is 10.2 Å². The molecule has 0 spiro atoms. The third-order valence-electron chi connectivity index (χ3n) is 3.36. The van der Waals surface area contributed by atoms with E-state index in [-0.39, 0.29) is 11.7 Å². The monoisotopic (exact) mass is 340 g/mol. The summed E-state index contributed by atoms with van der Waals surface area (Å²) in [4.78, 5) is 15.5. The van der Waals surface area contributed by atoms with Gasteiger partial charge in [0.1, 0.15) is 0 Å².